The normalized spacial score (nSPS) is 26.4. The highest BCUT2D eigenvalue weighted by atomic mass is 15.3. The molecule has 88 valence electrons. The van der Waals surface area contributed by atoms with Crippen molar-refractivity contribution in [2.75, 3.05) is 13.1 Å². The van der Waals surface area contributed by atoms with Crippen LogP contribution in [-0.2, 0) is 13.6 Å². The molecule has 0 aromatic carbocycles. The summed E-state index contributed by atoms with van der Waals surface area (Å²) >= 11 is 0. The molecule has 3 rings (SSSR count). The molecule has 0 bridgehead atoms. The van der Waals surface area contributed by atoms with Gasteiger partial charge in [-0.1, -0.05) is 0 Å². The molecule has 5 heteroatoms. The zero-order chi connectivity index (χ0) is 11.0. The van der Waals surface area contributed by atoms with Crippen molar-refractivity contribution in [1.82, 2.24) is 25.0 Å². The summed E-state index contributed by atoms with van der Waals surface area (Å²) in [6.07, 6.45) is 5.84. The molecule has 2 aliphatic rings. The summed E-state index contributed by atoms with van der Waals surface area (Å²) in [5.74, 6) is 0.896. The Morgan fingerprint density at radius 3 is 3.00 bits per heavy atom. The molecule has 0 radical (unpaired) electrons. The van der Waals surface area contributed by atoms with Crippen LogP contribution in [0.5, 0.6) is 0 Å². The van der Waals surface area contributed by atoms with Crippen molar-refractivity contribution >= 4 is 0 Å². The smallest absolute Gasteiger partial charge is 0.164 e. The second-order valence-electron chi connectivity index (χ2n) is 4.93. The van der Waals surface area contributed by atoms with Gasteiger partial charge in [0, 0.05) is 32.2 Å². The van der Waals surface area contributed by atoms with E-state index in [0.29, 0.717) is 6.04 Å². The van der Waals surface area contributed by atoms with Crippen molar-refractivity contribution < 1.29 is 0 Å². The number of nitrogens with one attached hydrogen (secondary N) is 1. The molecule has 1 atom stereocenters. The van der Waals surface area contributed by atoms with Gasteiger partial charge in [-0.3, -0.25) is 9.58 Å². The Balaban J connectivity index is 1.45. The fraction of sp³-hybridized carbons (Fsp3) is 0.818. The van der Waals surface area contributed by atoms with Gasteiger partial charge in [0.05, 0.1) is 6.54 Å². The molecule has 0 spiro atoms. The molecule has 1 aromatic rings. The topological polar surface area (TPSA) is 46.0 Å². The van der Waals surface area contributed by atoms with Crippen LogP contribution in [0.3, 0.4) is 0 Å². The fourth-order valence-corrected chi connectivity index (χ4v) is 2.43. The quantitative estimate of drug-likeness (QED) is 0.785. The van der Waals surface area contributed by atoms with Crippen LogP contribution < -0.4 is 5.32 Å². The molecule has 1 N–H and O–H groups in total. The van der Waals surface area contributed by atoms with E-state index in [-0.39, 0.29) is 0 Å². The maximum absolute atomic E-state index is 4.27. The zero-order valence-electron chi connectivity index (χ0n) is 9.76. The molecular formula is C11H19N5. The van der Waals surface area contributed by atoms with Crippen molar-refractivity contribution in [3.8, 4) is 0 Å². The minimum atomic E-state index is 0.629. The number of aryl methyl sites for hydroxylation is 1. The molecule has 16 heavy (non-hydrogen) atoms. The van der Waals surface area contributed by atoms with E-state index in [2.05, 4.69) is 20.3 Å². The lowest BCUT2D eigenvalue weighted by Gasteiger charge is -2.14. The SMILES string of the molecule is Cn1cnc(CNC2CCN(C3CC3)C2)n1. The average molecular weight is 221 g/mol. The van der Waals surface area contributed by atoms with Crippen LogP contribution >= 0.6 is 0 Å². The summed E-state index contributed by atoms with van der Waals surface area (Å²) in [5, 5.41) is 7.81. The maximum atomic E-state index is 4.27. The van der Waals surface area contributed by atoms with Crippen LogP contribution in [0.1, 0.15) is 25.1 Å². The average Bonchev–Trinajstić information content (AvgIpc) is 2.87. The van der Waals surface area contributed by atoms with Crippen LogP contribution in [0.4, 0.5) is 0 Å². The van der Waals surface area contributed by atoms with E-state index in [0.717, 1.165) is 18.4 Å². The minimum Gasteiger partial charge on any atom is -0.306 e. The van der Waals surface area contributed by atoms with Gasteiger partial charge in [0.2, 0.25) is 0 Å². The molecule has 1 saturated heterocycles. The zero-order valence-corrected chi connectivity index (χ0v) is 9.76. The van der Waals surface area contributed by atoms with E-state index in [9.17, 15) is 0 Å². The van der Waals surface area contributed by atoms with E-state index in [1.807, 2.05) is 7.05 Å². The first-order valence-corrected chi connectivity index (χ1v) is 6.13. The molecule has 2 fully saturated rings. The van der Waals surface area contributed by atoms with E-state index < -0.39 is 0 Å². The second kappa shape index (κ2) is 4.14. The minimum absolute atomic E-state index is 0.629. The molecule has 0 amide bonds. The van der Waals surface area contributed by atoms with Crippen LogP contribution in [0.25, 0.3) is 0 Å². The number of aromatic nitrogens is 3. The Morgan fingerprint density at radius 2 is 2.31 bits per heavy atom. The molecule has 1 aromatic heterocycles. The number of nitrogens with zero attached hydrogens (tertiary/aromatic N) is 4. The fourth-order valence-electron chi connectivity index (χ4n) is 2.43. The van der Waals surface area contributed by atoms with E-state index in [1.165, 1.54) is 32.4 Å². The monoisotopic (exact) mass is 221 g/mol. The van der Waals surface area contributed by atoms with Crippen molar-refractivity contribution in [1.29, 1.82) is 0 Å². The van der Waals surface area contributed by atoms with Crippen LogP contribution in [0, 0.1) is 0 Å². The number of likely N-dealkylation sites (tertiary alicyclic amines) is 1. The molecular weight excluding hydrogens is 202 g/mol. The Labute approximate surface area is 95.8 Å². The molecule has 1 aliphatic heterocycles. The third kappa shape index (κ3) is 2.25. The van der Waals surface area contributed by atoms with Gasteiger partial charge in [-0.05, 0) is 19.3 Å². The Hall–Kier alpha value is -0.940. The van der Waals surface area contributed by atoms with Crippen molar-refractivity contribution in [2.45, 2.75) is 37.9 Å². The maximum Gasteiger partial charge on any atom is 0.164 e. The molecule has 1 unspecified atom stereocenters. The van der Waals surface area contributed by atoms with Crippen LogP contribution in [-0.4, -0.2) is 44.8 Å². The third-order valence-corrected chi connectivity index (χ3v) is 3.48. The van der Waals surface area contributed by atoms with Gasteiger partial charge in [0.25, 0.3) is 0 Å². The van der Waals surface area contributed by atoms with Gasteiger partial charge in [0.1, 0.15) is 6.33 Å². The highest BCUT2D eigenvalue weighted by molar-refractivity contribution is 4.92. The predicted octanol–water partition coefficient (Wildman–Crippen LogP) is 0.141. The number of rotatable bonds is 4. The van der Waals surface area contributed by atoms with Gasteiger partial charge in [-0.15, -0.1) is 0 Å². The largest absolute Gasteiger partial charge is 0.306 e. The van der Waals surface area contributed by atoms with Gasteiger partial charge in [-0.25, -0.2) is 4.98 Å². The van der Waals surface area contributed by atoms with E-state index in [4.69, 9.17) is 0 Å². The summed E-state index contributed by atoms with van der Waals surface area (Å²) < 4.78 is 1.75. The van der Waals surface area contributed by atoms with Crippen molar-refractivity contribution in [3.05, 3.63) is 12.2 Å². The Morgan fingerprint density at radius 1 is 1.44 bits per heavy atom. The van der Waals surface area contributed by atoms with Gasteiger partial charge in [0.15, 0.2) is 5.82 Å². The van der Waals surface area contributed by atoms with Crippen molar-refractivity contribution in [2.24, 2.45) is 7.05 Å². The van der Waals surface area contributed by atoms with Crippen molar-refractivity contribution in [3.63, 3.8) is 0 Å². The predicted molar refractivity (Wildman–Crippen MR) is 60.8 cm³/mol. The molecule has 2 heterocycles. The highest BCUT2D eigenvalue weighted by Crippen LogP contribution is 2.29. The second-order valence-corrected chi connectivity index (χ2v) is 4.93. The number of hydrogen-bond acceptors (Lipinski definition) is 4. The Bertz CT molecular complexity index is 357. The summed E-state index contributed by atoms with van der Waals surface area (Å²) in [5.41, 5.74) is 0. The standard InChI is InChI=1S/C11H19N5/c1-15-8-13-11(14-15)6-12-9-4-5-16(7-9)10-2-3-10/h8-10,12H,2-7H2,1H3. The summed E-state index contributed by atoms with van der Waals surface area (Å²) in [6, 6.07) is 1.53. The lowest BCUT2D eigenvalue weighted by molar-refractivity contribution is 0.317. The first-order valence-electron chi connectivity index (χ1n) is 6.13. The summed E-state index contributed by atoms with van der Waals surface area (Å²) in [6.45, 7) is 3.26. The first-order chi connectivity index (χ1) is 7.81. The third-order valence-electron chi connectivity index (χ3n) is 3.48. The van der Waals surface area contributed by atoms with Gasteiger partial charge in [-0.2, -0.15) is 5.10 Å². The first kappa shape index (κ1) is 10.2. The molecule has 1 saturated carbocycles. The van der Waals surface area contributed by atoms with Gasteiger partial charge >= 0.3 is 0 Å². The lowest BCUT2D eigenvalue weighted by Crippen LogP contribution is -2.33. The lowest BCUT2D eigenvalue weighted by atomic mass is 10.2. The highest BCUT2D eigenvalue weighted by Gasteiger charge is 2.34. The molecule has 5 nitrogen and oxygen atoms in total. The van der Waals surface area contributed by atoms with Crippen LogP contribution in [0.2, 0.25) is 0 Å². The van der Waals surface area contributed by atoms with E-state index in [1.54, 1.807) is 11.0 Å². The van der Waals surface area contributed by atoms with Crippen LogP contribution in [0.15, 0.2) is 6.33 Å². The molecule has 1 aliphatic carbocycles. The van der Waals surface area contributed by atoms with Gasteiger partial charge < -0.3 is 5.32 Å². The van der Waals surface area contributed by atoms with E-state index >= 15 is 0 Å². The Kier molecular flexibility index (Phi) is 2.65. The summed E-state index contributed by atoms with van der Waals surface area (Å²) in [7, 11) is 1.90. The summed E-state index contributed by atoms with van der Waals surface area (Å²) in [4.78, 5) is 6.83. The number of hydrogen-bond donors (Lipinski definition) is 1.